The molecule has 1 aliphatic heterocycles. The normalized spacial score (nSPS) is 16.2. The van der Waals surface area contributed by atoms with Crippen LogP contribution in [0.1, 0.15) is 45.4 Å². The molecule has 8 heteroatoms. The average molecular weight is 377 g/mol. The van der Waals surface area contributed by atoms with Crippen molar-refractivity contribution in [2.75, 3.05) is 0 Å². The molecule has 0 bridgehead atoms. The Morgan fingerprint density at radius 2 is 1.96 bits per heavy atom. The summed E-state index contributed by atoms with van der Waals surface area (Å²) in [6.45, 7) is 3.94. The number of carbonyl (C=O) groups excluding carboxylic acids is 2. The molecule has 0 aliphatic carbocycles. The topological polar surface area (TPSA) is 88.3 Å². The molecule has 0 saturated carbocycles. The second-order valence-corrected chi connectivity index (χ2v) is 6.86. The van der Waals surface area contributed by atoms with Crippen molar-refractivity contribution in [1.82, 2.24) is 20.4 Å². The second kappa shape index (κ2) is 7.45. The summed E-state index contributed by atoms with van der Waals surface area (Å²) in [5.41, 5.74) is -0.118. The molecule has 1 saturated heterocycles. The van der Waals surface area contributed by atoms with Gasteiger partial charge in [0.05, 0.1) is 0 Å². The van der Waals surface area contributed by atoms with E-state index in [9.17, 15) is 9.59 Å². The Kier molecular flexibility index (Phi) is 5.27. The van der Waals surface area contributed by atoms with Crippen LogP contribution >= 0.6 is 11.6 Å². The Balaban J connectivity index is 1.79. The van der Waals surface area contributed by atoms with Crippen LogP contribution in [-0.2, 0) is 11.3 Å². The molecule has 0 spiro atoms. The molecule has 3 rings (SSSR count). The minimum absolute atomic E-state index is 0.0482. The summed E-state index contributed by atoms with van der Waals surface area (Å²) in [7, 11) is 0. The number of nitrogens with one attached hydrogen (secondary N) is 1. The largest absolute Gasteiger partial charge is 0.337 e. The number of nitrogens with zero attached hydrogens (tertiary/aromatic N) is 3. The first kappa shape index (κ1) is 18.4. The van der Waals surface area contributed by atoms with Gasteiger partial charge < -0.3 is 9.84 Å². The Morgan fingerprint density at radius 1 is 1.23 bits per heavy atom. The van der Waals surface area contributed by atoms with E-state index < -0.39 is 11.6 Å². The Hall–Kier alpha value is -2.41. The van der Waals surface area contributed by atoms with Gasteiger partial charge in [0.1, 0.15) is 12.1 Å². The van der Waals surface area contributed by atoms with Gasteiger partial charge in [-0.25, -0.2) is 4.79 Å². The molecule has 1 aliphatic rings. The maximum atomic E-state index is 12.9. The molecule has 1 fully saturated rings. The van der Waals surface area contributed by atoms with Crippen LogP contribution in [-0.4, -0.2) is 32.5 Å². The van der Waals surface area contributed by atoms with E-state index in [0.29, 0.717) is 29.3 Å². The lowest BCUT2D eigenvalue weighted by Gasteiger charge is -2.25. The molecule has 0 unspecified atom stereocenters. The number of aromatic nitrogens is 2. The molecule has 0 radical (unpaired) electrons. The number of benzene rings is 1. The number of carbonyl (C=O) groups is 2. The third-order valence-corrected chi connectivity index (χ3v) is 4.68. The number of amides is 3. The predicted octanol–water partition coefficient (Wildman–Crippen LogP) is 3.78. The van der Waals surface area contributed by atoms with E-state index >= 15 is 0 Å². The minimum atomic E-state index is -0.823. The van der Waals surface area contributed by atoms with Gasteiger partial charge in [0.25, 0.3) is 5.91 Å². The zero-order valence-corrected chi connectivity index (χ0v) is 15.5. The average Bonchev–Trinajstić information content (AvgIpc) is 3.15. The molecule has 1 aromatic carbocycles. The van der Waals surface area contributed by atoms with Crippen LogP contribution in [0.5, 0.6) is 0 Å². The first-order chi connectivity index (χ1) is 12.5. The fourth-order valence-electron chi connectivity index (χ4n) is 3.34. The van der Waals surface area contributed by atoms with Crippen molar-refractivity contribution in [2.45, 2.75) is 51.6 Å². The lowest BCUT2D eigenvalue weighted by atomic mass is 9.88. The fourth-order valence-corrected chi connectivity index (χ4v) is 3.53. The zero-order valence-electron chi connectivity index (χ0n) is 14.8. The number of hydrogen-bond acceptors (Lipinski definition) is 5. The smallest absolute Gasteiger partial charge is 0.325 e. The van der Waals surface area contributed by atoms with Crippen LogP contribution in [0.4, 0.5) is 4.79 Å². The Morgan fingerprint density at radius 3 is 2.62 bits per heavy atom. The first-order valence-corrected chi connectivity index (χ1v) is 9.09. The molecule has 2 heterocycles. The van der Waals surface area contributed by atoms with Gasteiger partial charge in [0.2, 0.25) is 11.7 Å². The molecule has 1 aromatic heterocycles. The van der Waals surface area contributed by atoms with E-state index in [2.05, 4.69) is 15.5 Å². The SMILES string of the molecule is CCCC1(CCC)NC(=O)N(Cc2nc(-c3cccc(Cl)c3)no2)C1=O. The van der Waals surface area contributed by atoms with Gasteiger partial charge in [-0.05, 0) is 25.0 Å². The number of halogens is 1. The minimum Gasteiger partial charge on any atom is -0.337 e. The third kappa shape index (κ3) is 3.44. The van der Waals surface area contributed by atoms with Gasteiger partial charge in [-0.2, -0.15) is 4.98 Å². The van der Waals surface area contributed by atoms with Crippen LogP contribution in [0.25, 0.3) is 11.4 Å². The molecule has 0 atom stereocenters. The summed E-state index contributed by atoms with van der Waals surface area (Å²) < 4.78 is 5.23. The van der Waals surface area contributed by atoms with Crippen molar-refractivity contribution in [2.24, 2.45) is 0 Å². The lowest BCUT2D eigenvalue weighted by molar-refractivity contribution is -0.132. The van der Waals surface area contributed by atoms with Crippen molar-refractivity contribution in [3.05, 3.63) is 35.2 Å². The van der Waals surface area contributed by atoms with E-state index in [1.54, 1.807) is 18.2 Å². The van der Waals surface area contributed by atoms with E-state index in [0.717, 1.165) is 17.7 Å². The fraction of sp³-hybridized carbons (Fsp3) is 0.444. The van der Waals surface area contributed by atoms with Crippen molar-refractivity contribution in [3.8, 4) is 11.4 Å². The highest BCUT2D eigenvalue weighted by Gasteiger charge is 2.50. The van der Waals surface area contributed by atoms with E-state index in [1.807, 2.05) is 19.9 Å². The summed E-state index contributed by atoms with van der Waals surface area (Å²) in [6.07, 6.45) is 2.83. The standard InChI is InChI=1S/C18H21ClN4O3/c1-3-8-18(9-4-2)16(24)23(17(25)21-18)11-14-20-15(22-26-14)12-6-5-7-13(19)10-12/h5-7,10H,3-4,8-9,11H2,1-2H3,(H,21,25). The zero-order chi connectivity index (χ0) is 18.7. The number of hydrogen-bond donors (Lipinski definition) is 1. The number of rotatable bonds is 7. The quantitative estimate of drug-likeness (QED) is 0.743. The van der Waals surface area contributed by atoms with Crippen LogP contribution < -0.4 is 5.32 Å². The highest BCUT2D eigenvalue weighted by Crippen LogP contribution is 2.29. The molecule has 2 aromatic rings. The molecule has 7 nitrogen and oxygen atoms in total. The van der Waals surface area contributed by atoms with Gasteiger partial charge in [0.15, 0.2) is 0 Å². The predicted molar refractivity (Wildman–Crippen MR) is 96.4 cm³/mol. The third-order valence-electron chi connectivity index (χ3n) is 4.44. The summed E-state index contributed by atoms with van der Waals surface area (Å²) in [6, 6.07) is 6.65. The summed E-state index contributed by atoms with van der Waals surface area (Å²) >= 11 is 5.98. The number of imide groups is 1. The summed E-state index contributed by atoms with van der Waals surface area (Å²) in [5.74, 6) is 0.337. The molecule has 3 amide bonds. The van der Waals surface area contributed by atoms with Crippen molar-refractivity contribution >= 4 is 23.5 Å². The maximum Gasteiger partial charge on any atom is 0.325 e. The van der Waals surface area contributed by atoms with Crippen molar-refractivity contribution in [1.29, 1.82) is 0 Å². The molecular weight excluding hydrogens is 356 g/mol. The lowest BCUT2D eigenvalue weighted by Crippen LogP contribution is -2.46. The Bertz CT molecular complexity index is 814. The molecule has 1 N–H and O–H groups in total. The van der Waals surface area contributed by atoms with Crippen LogP contribution in [0, 0.1) is 0 Å². The maximum absolute atomic E-state index is 12.9. The van der Waals surface area contributed by atoms with Gasteiger partial charge in [-0.15, -0.1) is 0 Å². The van der Waals surface area contributed by atoms with Crippen LogP contribution in [0.3, 0.4) is 0 Å². The first-order valence-electron chi connectivity index (χ1n) is 8.71. The van der Waals surface area contributed by atoms with Gasteiger partial charge in [0, 0.05) is 10.6 Å². The highest BCUT2D eigenvalue weighted by molar-refractivity contribution is 6.30. The monoisotopic (exact) mass is 376 g/mol. The van der Waals surface area contributed by atoms with Crippen molar-refractivity contribution in [3.63, 3.8) is 0 Å². The van der Waals surface area contributed by atoms with Crippen LogP contribution in [0.15, 0.2) is 28.8 Å². The van der Waals surface area contributed by atoms with E-state index in [4.69, 9.17) is 16.1 Å². The molecule has 138 valence electrons. The van der Waals surface area contributed by atoms with Gasteiger partial charge in [-0.1, -0.05) is 55.6 Å². The van der Waals surface area contributed by atoms with Crippen molar-refractivity contribution < 1.29 is 14.1 Å². The highest BCUT2D eigenvalue weighted by atomic mass is 35.5. The van der Waals surface area contributed by atoms with E-state index in [1.165, 1.54) is 0 Å². The molecular formula is C18H21ClN4O3. The summed E-state index contributed by atoms with van der Waals surface area (Å²) in [4.78, 5) is 30.7. The summed E-state index contributed by atoms with van der Waals surface area (Å²) in [5, 5.41) is 7.34. The van der Waals surface area contributed by atoms with Gasteiger partial charge >= 0.3 is 6.03 Å². The van der Waals surface area contributed by atoms with E-state index in [-0.39, 0.29) is 18.3 Å². The molecule has 26 heavy (non-hydrogen) atoms. The van der Waals surface area contributed by atoms with Crippen LogP contribution in [0.2, 0.25) is 5.02 Å². The number of urea groups is 1. The van der Waals surface area contributed by atoms with Gasteiger partial charge in [-0.3, -0.25) is 9.69 Å². The Labute approximate surface area is 156 Å². The second-order valence-electron chi connectivity index (χ2n) is 6.43.